The summed E-state index contributed by atoms with van der Waals surface area (Å²) >= 11 is 5.85. The van der Waals surface area contributed by atoms with Gasteiger partial charge in [0.05, 0.1) is 5.69 Å². The largest absolute Gasteiger partial charge is 0.352 e. The van der Waals surface area contributed by atoms with E-state index in [1.165, 1.54) is 6.07 Å². The number of carbonyl (C=O) groups is 1. The Bertz CT molecular complexity index is 772. The molecule has 120 valence electrons. The van der Waals surface area contributed by atoms with Crippen LogP contribution in [0.4, 0.5) is 5.95 Å². The Balaban J connectivity index is 1.74. The van der Waals surface area contributed by atoms with Crippen LogP contribution in [0.1, 0.15) is 23.6 Å². The summed E-state index contributed by atoms with van der Waals surface area (Å²) in [5, 5.41) is 3.78. The number of hydrogen-bond donors (Lipinski definition) is 2. The van der Waals surface area contributed by atoms with Gasteiger partial charge in [0.2, 0.25) is 11.9 Å². The van der Waals surface area contributed by atoms with Gasteiger partial charge in [-0.15, -0.1) is 0 Å². The Hall–Kier alpha value is -2.34. The third kappa shape index (κ3) is 3.71. The first-order chi connectivity index (χ1) is 11.0. The summed E-state index contributed by atoms with van der Waals surface area (Å²) in [7, 11) is 1.76. The van der Waals surface area contributed by atoms with E-state index >= 15 is 0 Å². The van der Waals surface area contributed by atoms with Crippen molar-refractivity contribution in [1.29, 1.82) is 0 Å². The third-order valence-corrected chi connectivity index (χ3v) is 4.15. The molecule has 2 heterocycles. The molecule has 1 aromatic heterocycles. The van der Waals surface area contributed by atoms with Crippen molar-refractivity contribution in [1.82, 2.24) is 14.9 Å². The lowest BCUT2D eigenvalue weighted by Crippen LogP contribution is -2.19. The number of H-pyrrole nitrogens is 1. The van der Waals surface area contributed by atoms with E-state index in [0.29, 0.717) is 36.2 Å². The zero-order valence-electron chi connectivity index (χ0n) is 12.7. The average Bonchev–Trinajstić information content (AvgIpc) is 2.86. The second-order valence-electron chi connectivity index (χ2n) is 5.67. The monoisotopic (exact) mass is 332 g/mol. The van der Waals surface area contributed by atoms with Gasteiger partial charge in [0.1, 0.15) is 0 Å². The molecule has 1 aliphatic heterocycles. The van der Waals surface area contributed by atoms with Gasteiger partial charge in [-0.3, -0.25) is 14.6 Å². The smallest absolute Gasteiger partial charge is 0.252 e. The van der Waals surface area contributed by atoms with Crippen LogP contribution in [-0.4, -0.2) is 34.4 Å². The summed E-state index contributed by atoms with van der Waals surface area (Å²) in [5.74, 6) is 0.447. The highest BCUT2D eigenvalue weighted by molar-refractivity contribution is 6.30. The number of anilines is 1. The molecule has 0 unspecified atom stereocenters. The Labute approximate surface area is 138 Å². The van der Waals surface area contributed by atoms with E-state index in [2.05, 4.69) is 15.3 Å². The van der Waals surface area contributed by atoms with Crippen LogP contribution < -0.4 is 10.9 Å². The molecule has 23 heavy (non-hydrogen) atoms. The van der Waals surface area contributed by atoms with Crippen LogP contribution >= 0.6 is 11.6 Å². The lowest BCUT2D eigenvalue weighted by molar-refractivity contribution is -0.126. The van der Waals surface area contributed by atoms with Gasteiger partial charge in [-0.25, -0.2) is 4.98 Å². The normalized spacial score (nSPS) is 17.6. The topological polar surface area (TPSA) is 78.1 Å². The molecule has 0 aliphatic carbocycles. The fourth-order valence-corrected chi connectivity index (χ4v) is 2.74. The highest BCUT2D eigenvalue weighted by Gasteiger charge is 2.29. The predicted octanol–water partition coefficient (Wildman–Crippen LogP) is 1.98. The van der Waals surface area contributed by atoms with E-state index < -0.39 is 0 Å². The number of benzene rings is 1. The van der Waals surface area contributed by atoms with Crippen molar-refractivity contribution in [3.05, 3.63) is 57.0 Å². The fourth-order valence-electron chi connectivity index (χ4n) is 2.62. The Kier molecular flexibility index (Phi) is 4.34. The molecule has 1 saturated heterocycles. The van der Waals surface area contributed by atoms with Gasteiger partial charge >= 0.3 is 0 Å². The molecule has 0 radical (unpaired) electrons. The molecule has 0 bridgehead atoms. The van der Waals surface area contributed by atoms with Crippen molar-refractivity contribution in [3.63, 3.8) is 0 Å². The maximum absolute atomic E-state index is 11.8. The zero-order chi connectivity index (χ0) is 16.4. The van der Waals surface area contributed by atoms with Gasteiger partial charge in [-0.05, 0) is 17.7 Å². The number of likely N-dealkylation sites (N-methyl/N-ethyl adjacent to an activating group) is 1. The highest BCUT2D eigenvalue weighted by atomic mass is 35.5. The van der Waals surface area contributed by atoms with Crippen molar-refractivity contribution in [2.24, 2.45) is 0 Å². The molecule has 1 amide bonds. The number of hydrogen-bond acceptors (Lipinski definition) is 4. The van der Waals surface area contributed by atoms with Crippen LogP contribution in [0.3, 0.4) is 0 Å². The summed E-state index contributed by atoms with van der Waals surface area (Å²) in [4.78, 5) is 32.3. The van der Waals surface area contributed by atoms with Crippen molar-refractivity contribution in [3.8, 4) is 0 Å². The van der Waals surface area contributed by atoms with Crippen LogP contribution in [0.2, 0.25) is 5.02 Å². The molecular formula is C16H17ClN4O2. The number of nitrogens with one attached hydrogen (secondary N) is 2. The molecule has 1 atom stereocenters. The number of amides is 1. The van der Waals surface area contributed by atoms with Crippen LogP contribution in [-0.2, 0) is 11.3 Å². The van der Waals surface area contributed by atoms with Crippen LogP contribution in [0.15, 0.2) is 35.1 Å². The van der Waals surface area contributed by atoms with E-state index in [9.17, 15) is 9.59 Å². The number of rotatable bonds is 4. The molecular weight excluding hydrogens is 316 g/mol. The minimum atomic E-state index is -0.226. The van der Waals surface area contributed by atoms with Crippen molar-refractivity contribution >= 4 is 23.5 Å². The summed E-state index contributed by atoms with van der Waals surface area (Å²) in [6.45, 7) is 1.11. The molecule has 1 aliphatic rings. The number of nitrogens with zero attached hydrogens (tertiary/aromatic N) is 2. The molecule has 7 heteroatoms. The predicted molar refractivity (Wildman–Crippen MR) is 88.6 cm³/mol. The Morgan fingerprint density at radius 1 is 1.35 bits per heavy atom. The van der Waals surface area contributed by atoms with Gasteiger partial charge in [0.25, 0.3) is 5.56 Å². The lowest BCUT2D eigenvalue weighted by atomic mass is 10.0. The minimum Gasteiger partial charge on any atom is -0.352 e. The van der Waals surface area contributed by atoms with Gasteiger partial charge in [-0.1, -0.05) is 23.7 Å². The lowest BCUT2D eigenvalue weighted by Gasteiger charge is -2.11. The molecule has 2 aromatic rings. The first-order valence-corrected chi connectivity index (χ1v) is 7.72. The summed E-state index contributed by atoms with van der Waals surface area (Å²) < 4.78 is 0. The molecule has 0 saturated carbocycles. The quantitative estimate of drug-likeness (QED) is 0.897. The van der Waals surface area contributed by atoms with Crippen LogP contribution in [0.25, 0.3) is 0 Å². The molecule has 2 N–H and O–H groups in total. The third-order valence-electron chi connectivity index (χ3n) is 3.89. The standard InChI is InChI=1S/C16H17ClN4O2/c1-21-9-11(6-15(21)23)13-7-14(22)20-16(19-13)18-8-10-2-4-12(17)5-3-10/h2-5,7,11H,6,8-9H2,1H3,(H2,18,19,20,22)/t11-/m1/s1. The SMILES string of the molecule is CN1C[C@H](c2cc(=O)[nH]c(NCc3ccc(Cl)cc3)n2)CC1=O. The average molecular weight is 333 g/mol. The number of aromatic amines is 1. The molecule has 1 aromatic carbocycles. The van der Waals surface area contributed by atoms with Crippen molar-refractivity contribution in [2.75, 3.05) is 18.9 Å². The Morgan fingerprint density at radius 3 is 2.74 bits per heavy atom. The number of halogens is 1. The maximum Gasteiger partial charge on any atom is 0.252 e. The first kappa shape index (κ1) is 15.6. The number of carbonyl (C=O) groups excluding carboxylic acids is 1. The van der Waals surface area contributed by atoms with Gasteiger partial charge in [0.15, 0.2) is 0 Å². The van der Waals surface area contributed by atoms with E-state index in [1.807, 2.05) is 24.3 Å². The summed E-state index contributed by atoms with van der Waals surface area (Å²) in [6.07, 6.45) is 0.392. The van der Waals surface area contributed by atoms with E-state index in [4.69, 9.17) is 11.6 Å². The first-order valence-electron chi connectivity index (χ1n) is 7.35. The van der Waals surface area contributed by atoms with Crippen molar-refractivity contribution in [2.45, 2.75) is 18.9 Å². The molecule has 6 nitrogen and oxygen atoms in total. The van der Waals surface area contributed by atoms with Crippen LogP contribution in [0, 0.1) is 0 Å². The molecule has 0 spiro atoms. The van der Waals surface area contributed by atoms with Gasteiger partial charge in [0, 0.05) is 43.6 Å². The maximum atomic E-state index is 11.8. The van der Waals surface area contributed by atoms with Crippen molar-refractivity contribution < 1.29 is 4.79 Å². The van der Waals surface area contributed by atoms with E-state index in [0.717, 1.165) is 5.56 Å². The van der Waals surface area contributed by atoms with Gasteiger partial charge < -0.3 is 10.2 Å². The Morgan fingerprint density at radius 2 is 2.09 bits per heavy atom. The summed E-state index contributed by atoms with van der Waals surface area (Å²) in [5.41, 5.74) is 1.44. The number of aromatic nitrogens is 2. The minimum absolute atomic E-state index is 0.0362. The fraction of sp³-hybridized carbons (Fsp3) is 0.312. The molecule has 1 fully saturated rings. The highest BCUT2D eigenvalue weighted by Crippen LogP contribution is 2.25. The number of likely N-dealkylation sites (tertiary alicyclic amines) is 1. The summed E-state index contributed by atoms with van der Waals surface area (Å²) in [6, 6.07) is 8.89. The van der Waals surface area contributed by atoms with E-state index in [-0.39, 0.29) is 17.4 Å². The zero-order valence-corrected chi connectivity index (χ0v) is 13.4. The molecule has 3 rings (SSSR count). The van der Waals surface area contributed by atoms with E-state index in [1.54, 1.807) is 11.9 Å². The second kappa shape index (κ2) is 6.42. The van der Waals surface area contributed by atoms with Crippen LogP contribution in [0.5, 0.6) is 0 Å². The van der Waals surface area contributed by atoms with Gasteiger partial charge in [-0.2, -0.15) is 0 Å². The second-order valence-corrected chi connectivity index (χ2v) is 6.11.